The number of amides is 1. The molecular weight excluding hydrogens is 388 g/mol. The van der Waals surface area contributed by atoms with Crippen LogP contribution in [0.4, 0.5) is 0 Å². The van der Waals surface area contributed by atoms with Crippen LogP contribution in [0.2, 0.25) is 5.02 Å². The highest BCUT2D eigenvalue weighted by Crippen LogP contribution is 2.25. The van der Waals surface area contributed by atoms with Gasteiger partial charge in [-0.15, -0.1) is 0 Å². The van der Waals surface area contributed by atoms with Gasteiger partial charge in [0.15, 0.2) is 0 Å². The molecule has 142 valence electrons. The van der Waals surface area contributed by atoms with Crippen molar-refractivity contribution < 1.29 is 9.59 Å². The average molecular weight is 403 g/mol. The van der Waals surface area contributed by atoms with E-state index in [4.69, 9.17) is 17.3 Å². The number of H-pyrrole nitrogens is 1. The summed E-state index contributed by atoms with van der Waals surface area (Å²) < 4.78 is 0. The molecule has 0 fully saturated rings. The van der Waals surface area contributed by atoms with E-state index in [1.807, 2.05) is 12.1 Å². The number of nitrogens with two attached hydrogens (primary N) is 1. The van der Waals surface area contributed by atoms with Gasteiger partial charge in [0.2, 0.25) is 11.7 Å². The number of carbonyl (C=O) groups is 2. The molecule has 0 atom stereocenters. The molecule has 0 saturated heterocycles. The van der Waals surface area contributed by atoms with Gasteiger partial charge in [-0.1, -0.05) is 17.7 Å². The number of carbonyl (C=O) groups excluding carboxylic acids is 2. The first-order valence-corrected chi connectivity index (χ1v) is 9.10. The van der Waals surface area contributed by atoms with Crippen molar-refractivity contribution in [3.05, 3.63) is 89.0 Å². The Kier molecular flexibility index (Phi) is 4.93. The minimum absolute atomic E-state index is 0.175. The fourth-order valence-corrected chi connectivity index (χ4v) is 3.07. The second kappa shape index (κ2) is 7.69. The van der Waals surface area contributed by atoms with Crippen LogP contribution in [-0.2, 0) is 4.79 Å². The molecule has 0 spiro atoms. The lowest BCUT2D eigenvalue weighted by Gasteiger charge is -2.04. The number of ketones is 1. The zero-order chi connectivity index (χ0) is 20.4. The van der Waals surface area contributed by atoms with Crippen molar-refractivity contribution in [2.45, 2.75) is 0 Å². The molecule has 6 nitrogen and oxygen atoms in total. The van der Waals surface area contributed by atoms with Crippen molar-refractivity contribution in [2.75, 3.05) is 0 Å². The zero-order valence-corrected chi connectivity index (χ0v) is 15.9. The van der Waals surface area contributed by atoms with Crippen LogP contribution in [0.25, 0.3) is 28.2 Å². The van der Waals surface area contributed by atoms with Crippen LogP contribution in [-0.4, -0.2) is 26.6 Å². The Morgan fingerprint density at radius 2 is 1.76 bits per heavy atom. The number of benzene rings is 1. The summed E-state index contributed by atoms with van der Waals surface area (Å²) in [5, 5.41) is 1.42. The molecule has 29 heavy (non-hydrogen) atoms. The quantitative estimate of drug-likeness (QED) is 0.389. The van der Waals surface area contributed by atoms with E-state index >= 15 is 0 Å². The van der Waals surface area contributed by atoms with E-state index in [1.165, 1.54) is 6.08 Å². The number of primary amides is 1. The highest BCUT2D eigenvalue weighted by molar-refractivity contribution is 6.30. The van der Waals surface area contributed by atoms with E-state index in [0.717, 1.165) is 22.1 Å². The molecule has 0 aliphatic carbocycles. The molecule has 3 heterocycles. The summed E-state index contributed by atoms with van der Waals surface area (Å²) in [6.45, 7) is 0. The van der Waals surface area contributed by atoms with Gasteiger partial charge in [-0.25, -0.2) is 4.98 Å². The lowest BCUT2D eigenvalue weighted by Crippen LogP contribution is -2.04. The first kappa shape index (κ1) is 18.6. The highest BCUT2D eigenvalue weighted by Gasteiger charge is 2.11. The van der Waals surface area contributed by atoms with Gasteiger partial charge >= 0.3 is 0 Å². The molecule has 0 aliphatic heterocycles. The maximum atomic E-state index is 12.5. The third-order valence-electron chi connectivity index (χ3n) is 4.43. The first-order chi connectivity index (χ1) is 14.0. The Bertz CT molecular complexity index is 1240. The molecule has 0 unspecified atom stereocenters. The molecule has 0 aliphatic rings. The number of nitrogens with one attached hydrogen (secondary N) is 1. The lowest BCUT2D eigenvalue weighted by atomic mass is 10.0. The Labute approximate surface area is 171 Å². The largest absolute Gasteiger partial charge is 0.366 e. The van der Waals surface area contributed by atoms with Gasteiger partial charge in [0, 0.05) is 57.3 Å². The summed E-state index contributed by atoms with van der Waals surface area (Å²) in [5.74, 6) is -0.695. The monoisotopic (exact) mass is 402 g/mol. The normalized spacial score (nSPS) is 11.2. The molecule has 7 heteroatoms. The molecule has 0 radical (unpaired) electrons. The molecule has 4 aromatic rings. The Balaban J connectivity index is 1.64. The van der Waals surface area contributed by atoms with Crippen molar-refractivity contribution in [1.82, 2.24) is 15.0 Å². The van der Waals surface area contributed by atoms with Gasteiger partial charge in [-0.2, -0.15) is 0 Å². The van der Waals surface area contributed by atoms with Gasteiger partial charge in [0.25, 0.3) is 0 Å². The third kappa shape index (κ3) is 3.93. The third-order valence-corrected chi connectivity index (χ3v) is 4.68. The van der Waals surface area contributed by atoms with Crippen LogP contribution >= 0.6 is 11.6 Å². The predicted molar refractivity (Wildman–Crippen MR) is 112 cm³/mol. The van der Waals surface area contributed by atoms with E-state index in [9.17, 15) is 9.59 Å². The minimum Gasteiger partial charge on any atom is -0.366 e. The fourth-order valence-electron chi connectivity index (χ4n) is 2.94. The maximum Gasteiger partial charge on any atom is 0.241 e. The van der Waals surface area contributed by atoms with E-state index in [1.54, 1.807) is 55.0 Å². The first-order valence-electron chi connectivity index (χ1n) is 8.72. The molecular formula is C22H15ClN4O2. The topological polar surface area (TPSA) is 102 Å². The maximum absolute atomic E-state index is 12.5. The van der Waals surface area contributed by atoms with E-state index < -0.39 is 5.91 Å². The number of halogens is 1. The summed E-state index contributed by atoms with van der Waals surface area (Å²) in [7, 11) is 0. The molecule has 0 bridgehead atoms. The van der Waals surface area contributed by atoms with Crippen LogP contribution < -0.4 is 5.73 Å². The van der Waals surface area contributed by atoms with Crippen molar-refractivity contribution in [3.63, 3.8) is 0 Å². The number of rotatable bonds is 5. The van der Waals surface area contributed by atoms with E-state index in [0.29, 0.717) is 21.9 Å². The number of fused-ring (bicyclic) bond motifs is 1. The van der Waals surface area contributed by atoms with Crippen LogP contribution in [0, 0.1) is 0 Å². The summed E-state index contributed by atoms with van der Waals surface area (Å²) in [6, 6.07) is 12.1. The standard InChI is InChI=1S/C22H15ClN4O2/c23-17-5-1-13(2-6-17)21(29)19-7-3-14(10-25-19)16-9-18-15(4-8-20(24)28)11-26-22(18)27-12-16/h1-12H,(H2,24,28)(H,26,27)/b8-4+. The summed E-state index contributed by atoms with van der Waals surface area (Å²) >= 11 is 5.87. The summed E-state index contributed by atoms with van der Waals surface area (Å²) in [4.78, 5) is 35.3. The number of aromatic nitrogens is 3. The van der Waals surface area contributed by atoms with Crippen molar-refractivity contribution in [3.8, 4) is 11.1 Å². The van der Waals surface area contributed by atoms with Gasteiger partial charge < -0.3 is 10.7 Å². The van der Waals surface area contributed by atoms with Gasteiger partial charge in [0.1, 0.15) is 11.3 Å². The van der Waals surface area contributed by atoms with Crippen molar-refractivity contribution in [1.29, 1.82) is 0 Å². The Morgan fingerprint density at radius 3 is 2.45 bits per heavy atom. The summed E-state index contributed by atoms with van der Waals surface area (Å²) in [5.41, 5.74) is 9.19. The second-order valence-electron chi connectivity index (χ2n) is 6.37. The minimum atomic E-state index is -0.520. The number of hydrogen-bond acceptors (Lipinski definition) is 4. The average Bonchev–Trinajstić information content (AvgIpc) is 3.14. The van der Waals surface area contributed by atoms with Crippen LogP contribution in [0.5, 0.6) is 0 Å². The number of hydrogen-bond donors (Lipinski definition) is 2. The number of pyridine rings is 2. The van der Waals surface area contributed by atoms with Crippen LogP contribution in [0.15, 0.2) is 67.1 Å². The second-order valence-corrected chi connectivity index (χ2v) is 6.80. The smallest absolute Gasteiger partial charge is 0.241 e. The molecule has 1 aromatic carbocycles. The van der Waals surface area contributed by atoms with Crippen molar-refractivity contribution >= 4 is 40.4 Å². The van der Waals surface area contributed by atoms with Gasteiger partial charge in [-0.05, 0) is 42.5 Å². The molecule has 3 N–H and O–H groups in total. The number of aromatic amines is 1. The van der Waals surface area contributed by atoms with Gasteiger partial charge in [-0.3, -0.25) is 14.6 Å². The predicted octanol–water partition coefficient (Wildman–Crippen LogP) is 4.01. The van der Waals surface area contributed by atoms with E-state index in [2.05, 4.69) is 15.0 Å². The van der Waals surface area contributed by atoms with Gasteiger partial charge in [0.05, 0.1) is 0 Å². The SMILES string of the molecule is NC(=O)/C=C/c1c[nH]c2ncc(-c3ccc(C(=O)c4ccc(Cl)cc4)nc3)cc12. The van der Waals surface area contributed by atoms with Crippen LogP contribution in [0.1, 0.15) is 21.6 Å². The Hall–Kier alpha value is -3.77. The molecule has 3 aromatic heterocycles. The molecule has 1 amide bonds. The zero-order valence-electron chi connectivity index (χ0n) is 15.1. The van der Waals surface area contributed by atoms with Crippen LogP contribution in [0.3, 0.4) is 0 Å². The lowest BCUT2D eigenvalue weighted by molar-refractivity contribution is -0.113. The van der Waals surface area contributed by atoms with Crippen molar-refractivity contribution in [2.24, 2.45) is 5.73 Å². The number of nitrogens with zero attached hydrogens (tertiary/aromatic N) is 2. The highest BCUT2D eigenvalue weighted by atomic mass is 35.5. The fraction of sp³-hybridized carbons (Fsp3) is 0. The molecule has 0 saturated carbocycles. The van der Waals surface area contributed by atoms with E-state index in [-0.39, 0.29) is 5.78 Å². The summed E-state index contributed by atoms with van der Waals surface area (Å²) in [6.07, 6.45) is 8.05. The molecule has 4 rings (SSSR count). The Morgan fingerprint density at radius 1 is 1.00 bits per heavy atom.